The maximum Gasteiger partial charge on any atom is 0.0707 e. The summed E-state index contributed by atoms with van der Waals surface area (Å²) >= 11 is 0. The second-order valence-corrected chi connectivity index (χ2v) is 5.70. The maximum atomic E-state index is 6.03. The van der Waals surface area contributed by atoms with Gasteiger partial charge in [0.25, 0.3) is 0 Å². The van der Waals surface area contributed by atoms with Crippen LogP contribution in [0.3, 0.4) is 0 Å². The van der Waals surface area contributed by atoms with Gasteiger partial charge in [0, 0.05) is 19.6 Å². The number of aryl methyl sites for hydroxylation is 1. The Bertz CT molecular complexity index is 394. The second kappa shape index (κ2) is 7.04. The molecule has 3 nitrogen and oxygen atoms in total. The van der Waals surface area contributed by atoms with Gasteiger partial charge >= 0.3 is 0 Å². The molecule has 1 aromatic rings. The van der Waals surface area contributed by atoms with E-state index in [0.717, 1.165) is 19.6 Å². The van der Waals surface area contributed by atoms with Gasteiger partial charge in [0.1, 0.15) is 0 Å². The first-order valence-electron chi connectivity index (χ1n) is 7.21. The summed E-state index contributed by atoms with van der Waals surface area (Å²) < 4.78 is 6.03. The minimum atomic E-state index is 0.396. The van der Waals surface area contributed by atoms with Crippen LogP contribution in [0.5, 0.6) is 0 Å². The summed E-state index contributed by atoms with van der Waals surface area (Å²) in [6, 6.07) is 8.73. The standard InChI is InChI=1S/C16H26N2O/c1-13-5-4-6-14(9-13)11-18(3)12-16-8-7-15(19-16)10-17-2/h4-6,9,15-17H,7-8,10-12H2,1-3H3. The fourth-order valence-corrected chi connectivity index (χ4v) is 2.83. The number of rotatable bonds is 6. The first-order valence-corrected chi connectivity index (χ1v) is 7.21. The van der Waals surface area contributed by atoms with E-state index in [1.807, 2.05) is 7.05 Å². The number of hydrogen-bond acceptors (Lipinski definition) is 3. The van der Waals surface area contributed by atoms with Crippen molar-refractivity contribution in [2.45, 2.75) is 38.5 Å². The molecule has 0 radical (unpaired) electrons. The molecule has 106 valence electrons. The van der Waals surface area contributed by atoms with Crippen LogP contribution in [0.4, 0.5) is 0 Å². The fourth-order valence-electron chi connectivity index (χ4n) is 2.83. The van der Waals surface area contributed by atoms with E-state index in [0.29, 0.717) is 12.2 Å². The zero-order chi connectivity index (χ0) is 13.7. The molecule has 0 bridgehead atoms. The molecule has 1 fully saturated rings. The van der Waals surface area contributed by atoms with Crippen molar-refractivity contribution in [1.82, 2.24) is 10.2 Å². The van der Waals surface area contributed by atoms with Crippen LogP contribution in [0.2, 0.25) is 0 Å². The van der Waals surface area contributed by atoms with E-state index in [9.17, 15) is 0 Å². The van der Waals surface area contributed by atoms with Gasteiger partial charge in [0.15, 0.2) is 0 Å². The quantitative estimate of drug-likeness (QED) is 0.850. The van der Waals surface area contributed by atoms with Crippen LogP contribution in [0, 0.1) is 6.92 Å². The predicted octanol–water partition coefficient (Wildman–Crippen LogP) is 2.19. The van der Waals surface area contributed by atoms with E-state index >= 15 is 0 Å². The summed E-state index contributed by atoms with van der Waals surface area (Å²) in [6.45, 7) is 5.14. The van der Waals surface area contributed by atoms with E-state index < -0.39 is 0 Å². The van der Waals surface area contributed by atoms with Crippen molar-refractivity contribution in [2.24, 2.45) is 0 Å². The number of benzene rings is 1. The average molecular weight is 262 g/mol. The molecule has 1 aliphatic rings. The normalized spacial score (nSPS) is 23.2. The molecule has 1 saturated heterocycles. The van der Waals surface area contributed by atoms with Crippen molar-refractivity contribution in [2.75, 3.05) is 27.2 Å². The maximum absolute atomic E-state index is 6.03. The molecule has 2 rings (SSSR count). The summed E-state index contributed by atoms with van der Waals surface area (Å²) in [6.07, 6.45) is 3.17. The van der Waals surface area contributed by atoms with Crippen molar-refractivity contribution in [1.29, 1.82) is 0 Å². The Morgan fingerprint density at radius 3 is 2.84 bits per heavy atom. The molecule has 1 N–H and O–H groups in total. The largest absolute Gasteiger partial charge is 0.372 e. The van der Waals surface area contributed by atoms with E-state index in [1.165, 1.54) is 24.0 Å². The van der Waals surface area contributed by atoms with Crippen LogP contribution < -0.4 is 5.32 Å². The Hall–Kier alpha value is -0.900. The molecule has 2 atom stereocenters. The molecule has 0 amide bonds. The van der Waals surface area contributed by atoms with Gasteiger partial charge in [0.2, 0.25) is 0 Å². The van der Waals surface area contributed by atoms with Gasteiger partial charge in [-0.2, -0.15) is 0 Å². The van der Waals surface area contributed by atoms with Gasteiger partial charge in [-0.15, -0.1) is 0 Å². The predicted molar refractivity (Wildman–Crippen MR) is 79.3 cm³/mol. The number of nitrogens with one attached hydrogen (secondary N) is 1. The van der Waals surface area contributed by atoms with Crippen molar-refractivity contribution in [3.8, 4) is 0 Å². The molecule has 0 spiro atoms. The van der Waals surface area contributed by atoms with Crippen molar-refractivity contribution >= 4 is 0 Å². The number of ether oxygens (including phenoxy) is 1. The first-order chi connectivity index (χ1) is 9.17. The van der Waals surface area contributed by atoms with E-state index in [2.05, 4.69) is 48.5 Å². The Morgan fingerprint density at radius 2 is 2.11 bits per heavy atom. The zero-order valence-electron chi connectivity index (χ0n) is 12.4. The van der Waals surface area contributed by atoms with Crippen molar-refractivity contribution in [3.63, 3.8) is 0 Å². The van der Waals surface area contributed by atoms with Crippen LogP contribution in [-0.4, -0.2) is 44.3 Å². The van der Waals surface area contributed by atoms with Crippen LogP contribution in [0.25, 0.3) is 0 Å². The van der Waals surface area contributed by atoms with E-state index in [-0.39, 0.29) is 0 Å². The van der Waals surface area contributed by atoms with Gasteiger partial charge < -0.3 is 10.1 Å². The molecule has 1 heterocycles. The first kappa shape index (κ1) is 14.5. The zero-order valence-corrected chi connectivity index (χ0v) is 12.4. The van der Waals surface area contributed by atoms with Crippen LogP contribution in [-0.2, 0) is 11.3 Å². The molecule has 0 aromatic heterocycles. The highest BCUT2D eigenvalue weighted by Crippen LogP contribution is 2.20. The lowest BCUT2D eigenvalue weighted by Crippen LogP contribution is -2.30. The van der Waals surface area contributed by atoms with E-state index in [4.69, 9.17) is 4.74 Å². The van der Waals surface area contributed by atoms with Gasteiger partial charge in [0.05, 0.1) is 12.2 Å². The summed E-state index contributed by atoms with van der Waals surface area (Å²) in [5.74, 6) is 0. The third-order valence-electron chi connectivity index (χ3n) is 3.68. The molecular weight excluding hydrogens is 236 g/mol. The van der Waals surface area contributed by atoms with Gasteiger partial charge in [-0.3, -0.25) is 4.90 Å². The Labute approximate surface area is 116 Å². The highest BCUT2D eigenvalue weighted by atomic mass is 16.5. The molecular formula is C16H26N2O. The third-order valence-corrected chi connectivity index (χ3v) is 3.68. The van der Waals surface area contributed by atoms with Crippen molar-refractivity contribution in [3.05, 3.63) is 35.4 Å². The Morgan fingerprint density at radius 1 is 1.32 bits per heavy atom. The molecule has 1 aromatic carbocycles. The average Bonchev–Trinajstić information content (AvgIpc) is 2.77. The van der Waals surface area contributed by atoms with Gasteiger partial charge in [-0.05, 0) is 39.4 Å². The SMILES string of the molecule is CNCC1CCC(CN(C)Cc2cccc(C)c2)O1. The minimum Gasteiger partial charge on any atom is -0.372 e. The summed E-state index contributed by atoms with van der Waals surface area (Å²) in [7, 11) is 4.16. The van der Waals surface area contributed by atoms with Crippen LogP contribution >= 0.6 is 0 Å². The summed E-state index contributed by atoms with van der Waals surface area (Å²) in [5.41, 5.74) is 2.71. The molecule has 0 aliphatic carbocycles. The van der Waals surface area contributed by atoms with Gasteiger partial charge in [-0.1, -0.05) is 29.8 Å². The molecule has 0 saturated carbocycles. The fraction of sp³-hybridized carbons (Fsp3) is 0.625. The lowest BCUT2D eigenvalue weighted by molar-refractivity contribution is 0.0276. The minimum absolute atomic E-state index is 0.396. The monoisotopic (exact) mass is 262 g/mol. The highest BCUT2D eigenvalue weighted by Gasteiger charge is 2.25. The number of likely N-dealkylation sites (N-methyl/N-ethyl adjacent to an activating group) is 2. The lowest BCUT2D eigenvalue weighted by atomic mass is 10.1. The number of hydrogen-bond donors (Lipinski definition) is 1. The van der Waals surface area contributed by atoms with Gasteiger partial charge in [-0.25, -0.2) is 0 Å². The lowest BCUT2D eigenvalue weighted by Gasteiger charge is -2.21. The van der Waals surface area contributed by atoms with Crippen LogP contribution in [0.1, 0.15) is 24.0 Å². The van der Waals surface area contributed by atoms with Crippen LogP contribution in [0.15, 0.2) is 24.3 Å². The Kier molecular flexibility index (Phi) is 5.37. The Balaban J connectivity index is 1.77. The third kappa shape index (κ3) is 4.60. The second-order valence-electron chi connectivity index (χ2n) is 5.70. The molecule has 2 unspecified atom stereocenters. The molecule has 1 aliphatic heterocycles. The highest BCUT2D eigenvalue weighted by molar-refractivity contribution is 5.21. The summed E-state index contributed by atoms with van der Waals surface area (Å²) in [4.78, 5) is 2.36. The van der Waals surface area contributed by atoms with E-state index in [1.54, 1.807) is 0 Å². The molecule has 3 heteroatoms. The van der Waals surface area contributed by atoms with Crippen molar-refractivity contribution < 1.29 is 4.74 Å². The topological polar surface area (TPSA) is 24.5 Å². The molecule has 19 heavy (non-hydrogen) atoms. The smallest absolute Gasteiger partial charge is 0.0707 e. The number of nitrogens with zero attached hydrogens (tertiary/aromatic N) is 1. The summed E-state index contributed by atoms with van der Waals surface area (Å²) in [5, 5.41) is 3.19.